The molecule has 0 bridgehead atoms. The van der Waals surface area contributed by atoms with E-state index >= 15 is 0 Å². The Bertz CT molecular complexity index is 1420. The molecule has 11 nitrogen and oxygen atoms in total. The Morgan fingerprint density at radius 2 is 1.92 bits per heavy atom. The number of ether oxygens (including phenoxy) is 1. The summed E-state index contributed by atoms with van der Waals surface area (Å²) >= 11 is 0. The van der Waals surface area contributed by atoms with Crippen LogP contribution in [0.2, 0.25) is 0 Å². The van der Waals surface area contributed by atoms with Gasteiger partial charge in [0.1, 0.15) is 23.2 Å². The van der Waals surface area contributed by atoms with E-state index in [1.807, 2.05) is 0 Å². The predicted octanol–water partition coefficient (Wildman–Crippen LogP) is 1.88. The number of pyridine rings is 1. The summed E-state index contributed by atoms with van der Waals surface area (Å²) in [5.74, 6) is -1.65. The maximum absolute atomic E-state index is 13.8. The van der Waals surface area contributed by atoms with Crippen molar-refractivity contribution in [3.63, 3.8) is 0 Å². The van der Waals surface area contributed by atoms with Crippen molar-refractivity contribution in [2.75, 3.05) is 19.7 Å². The van der Waals surface area contributed by atoms with Crippen LogP contribution in [0.1, 0.15) is 40.6 Å². The fraction of sp³-hybridized carbons (Fsp3) is 0.308. The number of aromatic nitrogens is 1. The lowest BCUT2D eigenvalue weighted by molar-refractivity contribution is -0.142. The minimum atomic E-state index is -4.23. The molecule has 0 spiro atoms. The van der Waals surface area contributed by atoms with Crippen molar-refractivity contribution in [3.8, 4) is 0 Å². The molecule has 2 aliphatic rings. The summed E-state index contributed by atoms with van der Waals surface area (Å²) in [7, 11) is -4.23. The zero-order valence-corrected chi connectivity index (χ0v) is 21.2. The molecule has 3 amide bonds. The monoisotopic (exact) mass is 538 g/mol. The molecular formula is C26H26N4O7S. The number of sulfonamides is 1. The number of nitrogens with one attached hydrogen (secondary N) is 1. The number of benzene rings is 1. The number of fused-ring (bicyclic) bond motifs is 1. The highest BCUT2D eigenvalue weighted by Gasteiger charge is 2.43. The van der Waals surface area contributed by atoms with Crippen LogP contribution in [0.4, 0.5) is 0 Å². The number of carbonyl (C=O) groups is 3. The molecule has 2 atom stereocenters. The molecule has 1 fully saturated rings. The molecule has 2 aromatic heterocycles. The average molecular weight is 539 g/mol. The minimum Gasteiger partial charge on any atom is -0.467 e. The van der Waals surface area contributed by atoms with E-state index in [2.05, 4.69) is 10.3 Å². The molecule has 2 aliphatic heterocycles. The summed E-state index contributed by atoms with van der Waals surface area (Å²) in [6.45, 7) is -0.0337. The van der Waals surface area contributed by atoms with E-state index in [0.29, 0.717) is 22.2 Å². The Labute approximate surface area is 219 Å². The summed E-state index contributed by atoms with van der Waals surface area (Å²) in [5, 5.41) is 2.86. The van der Waals surface area contributed by atoms with Gasteiger partial charge in [0, 0.05) is 25.5 Å². The van der Waals surface area contributed by atoms with Gasteiger partial charge in [-0.25, -0.2) is 12.7 Å². The average Bonchev–Trinajstić information content (AvgIpc) is 3.67. The van der Waals surface area contributed by atoms with Gasteiger partial charge in [0.2, 0.25) is 11.8 Å². The molecule has 38 heavy (non-hydrogen) atoms. The summed E-state index contributed by atoms with van der Waals surface area (Å²) in [6.07, 6.45) is 6.01. The zero-order chi connectivity index (χ0) is 26.7. The lowest BCUT2D eigenvalue weighted by atomic mass is 10.0. The van der Waals surface area contributed by atoms with E-state index in [1.165, 1.54) is 41.8 Å². The topological polar surface area (TPSA) is 139 Å². The van der Waals surface area contributed by atoms with Gasteiger partial charge in [-0.1, -0.05) is 12.1 Å². The van der Waals surface area contributed by atoms with E-state index in [-0.39, 0.29) is 29.7 Å². The fourth-order valence-corrected chi connectivity index (χ4v) is 6.15. The van der Waals surface area contributed by atoms with Crippen LogP contribution in [0.15, 0.2) is 76.5 Å². The number of amides is 3. The molecule has 1 N–H and O–H groups in total. The van der Waals surface area contributed by atoms with Gasteiger partial charge in [-0.2, -0.15) is 0 Å². The van der Waals surface area contributed by atoms with Crippen LogP contribution in [0.5, 0.6) is 0 Å². The first-order chi connectivity index (χ1) is 18.4. The summed E-state index contributed by atoms with van der Waals surface area (Å²) < 4.78 is 37.8. The van der Waals surface area contributed by atoms with Crippen LogP contribution in [0, 0.1) is 0 Å². The van der Waals surface area contributed by atoms with Crippen LogP contribution < -0.4 is 5.32 Å². The fourth-order valence-electron chi connectivity index (χ4n) is 4.63. The Hall–Kier alpha value is -4.03. The largest absolute Gasteiger partial charge is 0.467 e. The van der Waals surface area contributed by atoms with Crippen molar-refractivity contribution in [1.29, 1.82) is 0 Å². The molecule has 5 rings (SSSR count). The first-order valence-corrected chi connectivity index (χ1v) is 13.6. The third-order valence-electron chi connectivity index (χ3n) is 6.53. The Morgan fingerprint density at radius 3 is 2.61 bits per heavy atom. The highest BCUT2D eigenvalue weighted by Crippen LogP contribution is 2.31. The SMILES string of the molecule is O=C(NC[C@H]1CCCO1)[C@H](c1ccncc1)N(Cc1ccco1)C(=O)CN1C(=O)c2ccccc2S1(=O)=O. The van der Waals surface area contributed by atoms with Gasteiger partial charge < -0.3 is 19.4 Å². The molecular weight excluding hydrogens is 512 g/mol. The van der Waals surface area contributed by atoms with Gasteiger partial charge in [0.15, 0.2) is 0 Å². The maximum atomic E-state index is 13.8. The number of rotatable bonds is 9. The first kappa shape index (κ1) is 25.6. The second-order valence-corrected chi connectivity index (χ2v) is 10.8. The molecule has 1 aromatic carbocycles. The molecule has 0 saturated carbocycles. The third kappa shape index (κ3) is 5.04. The summed E-state index contributed by atoms with van der Waals surface area (Å²) in [5.41, 5.74) is 0.460. The van der Waals surface area contributed by atoms with Crippen LogP contribution in [0.3, 0.4) is 0 Å². The molecule has 0 radical (unpaired) electrons. The van der Waals surface area contributed by atoms with Crippen molar-refractivity contribution in [3.05, 3.63) is 84.1 Å². The molecule has 1 saturated heterocycles. The molecule has 0 unspecified atom stereocenters. The molecule has 4 heterocycles. The first-order valence-electron chi connectivity index (χ1n) is 12.1. The molecule has 198 valence electrons. The summed E-state index contributed by atoms with van der Waals surface area (Å²) in [4.78, 5) is 45.4. The number of hydrogen-bond donors (Lipinski definition) is 1. The Kier molecular flexibility index (Phi) is 7.25. The van der Waals surface area contributed by atoms with Crippen molar-refractivity contribution < 1.29 is 32.0 Å². The Balaban J connectivity index is 1.46. The van der Waals surface area contributed by atoms with Crippen molar-refractivity contribution in [1.82, 2.24) is 19.5 Å². The number of carbonyl (C=O) groups excluding carboxylic acids is 3. The van der Waals surface area contributed by atoms with Crippen molar-refractivity contribution in [2.45, 2.75) is 36.4 Å². The quantitative estimate of drug-likeness (QED) is 0.436. The van der Waals surface area contributed by atoms with E-state index in [1.54, 1.807) is 30.3 Å². The van der Waals surface area contributed by atoms with Gasteiger partial charge in [0.25, 0.3) is 15.9 Å². The molecule has 3 aromatic rings. The van der Waals surface area contributed by atoms with E-state index in [0.717, 1.165) is 12.8 Å². The van der Waals surface area contributed by atoms with Crippen molar-refractivity contribution >= 4 is 27.7 Å². The highest BCUT2D eigenvalue weighted by molar-refractivity contribution is 7.90. The van der Waals surface area contributed by atoms with Gasteiger partial charge >= 0.3 is 0 Å². The highest BCUT2D eigenvalue weighted by atomic mass is 32.2. The maximum Gasteiger partial charge on any atom is 0.269 e. The van der Waals surface area contributed by atoms with Crippen LogP contribution in [-0.2, 0) is 30.9 Å². The van der Waals surface area contributed by atoms with Crippen LogP contribution >= 0.6 is 0 Å². The van der Waals surface area contributed by atoms with Crippen LogP contribution in [-0.4, -0.2) is 66.1 Å². The van der Waals surface area contributed by atoms with Gasteiger partial charge in [0.05, 0.1) is 24.5 Å². The minimum absolute atomic E-state index is 0.00197. The number of furan rings is 1. The Morgan fingerprint density at radius 1 is 1.13 bits per heavy atom. The predicted molar refractivity (Wildman–Crippen MR) is 133 cm³/mol. The molecule has 12 heteroatoms. The second-order valence-electron chi connectivity index (χ2n) is 8.98. The van der Waals surface area contributed by atoms with Crippen molar-refractivity contribution in [2.24, 2.45) is 0 Å². The summed E-state index contributed by atoms with van der Waals surface area (Å²) in [6, 6.07) is 11.1. The lowest BCUT2D eigenvalue weighted by Gasteiger charge is -2.32. The smallest absolute Gasteiger partial charge is 0.269 e. The zero-order valence-electron chi connectivity index (χ0n) is 20.4. The second kappa shape index (κ2) is 10.8. The van der Waals surface area contributed by atoms with E-state index in [9.17, 15) is 22.8 Å². The lowest BCUT2D eigenvalue weighted by Crippen LogP contribution is -2.48. The normalized spacial score (nSPS) is 18.7. The number of nitrogens with zero attached hydrogens (tertiary/aromatic N) is 3. The van der Waals surface area contributed by atoms with E-state index < -0.39 is 40.3 Å². The van der Waals surface area contributed by atoms with Gasteiger partial charge in [-0.3, -0.25) is 19.4 Å². The van der Waals surface area contributed by atoms with Gasteiger partial charge in [-0.05, 0) is 54.8 Å². The standard InChI is InChI=1S/C26H26N4O7S/c31-23(17-30-26(33)21-7-1-2-8-22(21)38(30,34)35)29(16-20-6-4-14-37-20)24(18-9-11-27-12-10-18)25(32)28-15-19-5-3-13-36-19/h1-2,4,6-12,14,19,24H,3,5,13,15-17H2,(H,28,32)/t19-,24+/m1/s1. The molecule has 0 aliphatic carbocycles. The number of hydrogen-bond acceptors (Lipinski definition) is 8. The van der Waals surface area contributed by atoms with Crippen LogP contribution in [0.25, 0.3) is 0 Å². The van der Waals surface area contributed by atoms with Gasteiger partial charge in [-0.15, -0.1) is 0 Å². The third-order valence-corrected chi connectivity index (χ3v) is 8.31. The van der Waals surface area contributed by atoms with E-state index in [4.69, 9.17) is 9.15 Å².